The van der Waals surface area contributed by atoms with Gasteiger partial charge in [0.1, 0.15) is 11.5 Å². The van der Waals surface area contributed by atoms with E-state index >= 15 is 0 Å². The summed E-state index contributed by atoms with van der Waals surface area (Å²) < 4.78 is 6.66. The van der Waals surface area contributed by atoms with Gasteiger partial charge in [-0.25, -0.2) is 0 Å². The van der Waals surface area contributed by atoms with Crippen molar-refractivity contribution in [1.29, 1.82) is 0 Å². The Labute approximate surface area is 109 Å². The first-order valence-corrected chi connectivity index (χ1v) is 6.16. The van der Waals surface area contributed by atoms with Crippen molar-refractivity contribution in [3.05, 3.63) is 58.6 Å². The van der Waals surface area contributed by atoms with Gasteiger partial charge in [0.05, 0.1) is 6.10 Å². The standard InChI is InChI=1S/C14H13BrO2/c1-10(16)11-5-7-13(8-6-11)17-14-4-2-3-12(15)9-14/h2-10,16H,1H3/t10-/m1/s1. The van der Waals surface area contributed by atoms with Crippen LogP contribution in [0.5, 0.6) is 11.5 Å². The number of halogens is 1. The minimum atomic E-state index is -0.449. The molecule has 0 radical (unpaired) electrons. The zero-order chi connectivity index (χ0) is 12.3. The molecule has 1 atom stereocenters. The van der Waals surface area contributed by atoms with E-state index in [1.54, 1.807) is 6.92 Å². The summed E-state index contributed by atoms with van der Waals surface area (Å²) in [4.78, 5) is 0. The third kappa shape index (κ3) is 3.32. The molecule has 17 heavy (non-hydrogen) atoms. The molecule has 0 aliphatic rings. The summed E-state index contributed by atoms with van der Waals surface area (Å²) in [5.41, 5.74) is 0.881. The maximum absolute atomic E-state index is 9.39. The fraction of sp³-hybridized carbons (Fsp3) is 0.143. The highest BCUT2D eigenvalue weighted by atomic mass is 79.9. The van der Waals surface area contributed by atoms with Crippen molar-refractivity contribution in [2.24, 2.45) is 0 Å². The van der Waals surface area contributed by atoms with Crippen molar-refractivity contribution in [3.8, 4) is 11.5 Å². The molecule has 0 aliphatic carbocycles. The molecular formula is C14H13BrO2. The summed E-state index contributed by atoms with van der Waals surface area (Å²) in [7, 11) is 0. The molecular weight excluding hydrogens is 280 g/mol. The highest BCUT2D eigenvalue weighted by molar-refractivity contribution is 9.10. The summed E-state index contributed by atoms with van der Waals surface area (Å²) >= 11 is 3.39. The van der Waals surface area contributed by atoms with E-state index in [-0.39, 0.29) is 0 Å². The summed E-state index contributed by atoms with van der Waals surface area (Å²) in [5, 5.41) is 9.39. The van der Waals surface area contributed by atoms with E-state index in [9.17, 15) is 5.11 Å². The predicted octanol–water partition coefficient (Wildman–Crippen LogP) is 4.29. The van der Waals surface area contributed by atoms with Crippen molar-refractivity contribution >= 4 is 15.9 Å². The second kappa shape index (κ2) is 5.34. The normalized spacial score (nSPS) is 12.2. The Morgan fingerprint density at radius 1 is 1.06 bits per heavy atom. The SMILES string of the molecule is C[C@@H](O)c1ccc(Oc2cccc(Br)c2)cc1. The third-order valence-corrected chi connectivity index (χ3v) is 2.89. The number of hydrogen-bond acceptors (Lipinski definition) is 2. The van der Waals surface area contributed by atoms with Crippen molar-refractivity contribution in [3.63, 3.8) is 0 Å². The molecule has 2 nitrogen and oxygen atoms in total. The molecule has 0 heterocycles. The Balaban J connectivity index is 2.14. The monoisotopic (exact) mass is 292 g/mol. The van der Waals surface area contributed by atoms with Crippen LogP contribution >= 0.6 is 15.9 Å². The summed E-state index contributed by atoms with van der Waals surface area (Å²) in [6.07, 6.45) is -0.449. The summed E-state index contributed by atoms with van der Waals surface area (Å²) in [6.45, 7) is 1.74. The lowest BCUT2D eigenvalue weighted by molar-refractivity contribution is 0.199. The Hall–Kier alpha value is -1.32. The van der Waals surface area contributed by atoms with Gasteiger partial charge in [-0.1, -0.05) is 34.1 Å². The summed E-state index contributed by atoms with van der Waals surface area (Å²) in [5.74, 6) is 1.54. The van der Waals surface area contributed by atoms with Gasteiger partial charge in [0.15, 0.2) is 0 Å². The quantitative estimate of drug-likeness (QED) is 0.914. The van der Waals surface area contributed by atoms with E-state index in [2.05, 4.69) is 15.9 Å². The topological polar surface area (TPSA) is 29.5 Å². The van der Waals surface area contributed by atoms with Crippen molar-refractivity contribution in [1.82, 2.24) is 0 Å². The molecule has 0 unspecified atom stereocenters. The van der Waals surface area contributed by atoms with Gasteiger partial charge in [0, 0.05) is 4.47 Å². The maximum Gasteiger partial charge on any atom is 0.128 e. The fourth-order valence-corrected chi connectivity index (χ4v) is 1.86. The van der Waals surface area contributed by atoms with Crippen LogP contribution in [0.1, 0.15) is 18.6 Å². The molecule has 0 fully saturated rings. The maximum atomic E-state index is 9.39. The van der Waals surface area contributed by atoms with Crippen LogP contribution in [0.4, 0.5) is 0 Å². The van der Waals surface area contributed by atoms with E-state index < -0.39 is 6.10 Å². The highest BCUT2D eigenvalue weighted by Crippen LogP contribution is 2.25. The minimum Gasteiger partial charge on any atom is -0.457 e. The first-order chi connectivity index (χ1) is 8.15. The van der Waals surface area contributed by atoms with Gasteiger partial charge in [0.25, 0.3) is 0 Å². The van der Waals surface area contributed by atoms with E-state index in [1.165, 1.54) is 0 Å². The summed E-state index contributed by atoms with van der Waals surface area (Å²) in [6, 6.07) is 15.1. The van der Waals surface area contributed by atoms with E-state index in [0.29, 0.717) is 0 Å². The zero-order valence-electron chi connectivity index (χ0n) is 9.43. The molecule has 88 valence electrons. The van der Waals surface area contributed by atoms with Gasteiger partial charge >= 0.3 is 0 Å². The van der Waals surface area contributed by atoms with Crippen LogP contribution in [-0.4, -0.2) is 5.11 Å². The smallest absolute Gasteiger partial charge is 0.128 e. The van der Waals surface area contributed by atoms with Gasteiger partial charge in [0.2, 0.25) is 0 Å². The van der Waals surface area contributed by atoms with Gasteiger partial charge < -0.3 is 9.84 Å². The lowest BCUT2D eigenvalue weighted by Crippen LogP contribution is -1.90. The largest absolute Gasteiger partial charge is 0.457 e. The molecule has 2 aromatic carbocycles. The second-order valence-corrected chi connectivity index (χ2v) is 4.72. The Kier molecular flexibility index (Phi) is 3.82. The van der Waals surface area contributed by atoms with Crippen molar-refractivity contribution in [2.45, 2.75) is 13.0 Å². The molecule has 0 saturated carbocycles. The number of aliphatic hydroxyl groups is 1. The van der Waals surface area contributed by atoms with Crippen LogP contribution in [0.25, 0.3) is 0 Å². The van der Waals surface area contributed by atoms with Crippen LogP contribution in [-0.2, 0) is 0 Å². The van der Waals surface area contributed by atoms with Gasteiger partial charge in [-0.2, -0.15) is 0 Å². The van der Waals surface area contributed by atoms with Gasteiger partial charge in [-0.05, 0) is 42.8 Å². The van der Waals surface area contributed by atoms with Crippen LogP contribution in [0.2, 0.25) is 0 Å². The number of hydrogen-bond donors (Lipinski definition) is 1. The number of rotatable bonds is 3. The Morgan fingerprint density at radius 3 is 2.35 bits per heavy atom. The number of aliphatic hydroxyl groups excluding tert-OH is 1. The first kappa shape index (κ1) is 12.1. The highest BCUT2D eigenvalue weighted by Gasteiger charge is 2.01. The third-order valence-electron chi connectivity index (χ3n) is 2.39. The lowest BCUT2D eigenvalue weighted by Gasteiger charge is -2.08. The molecule has 2 rings (SSSR count). The van der Waals surface area contributed by atoms with Crippen LogP contribution in [0.15, 0.2) is 53.0 Å². The average Bonchev–Trinajstić information content (AvgIpc) is 2.29. The number of ether oxygens (including phenoxy) is 1. The molecule has 1 N–H and O–H groups in total. The number of benzene rings is 2. The van der Waals surface area contributed by atoms with Crippen molar-refractivity contribution in [2.75, 3.05) is 0 Å². The van der Waals surface area contributed by atoms with Crippen LogP contribution in [0.3, 0.4) is 0 Å². The minimum absolute atomic E-state index is 0.449. The first-order valence-electron chi connectivity index (χ1n) is 5.36. The predicted molar refractivity (Wildman–Crippen MR) is 71.3 cm³/mol. The van der Waals surface area contributed by atoms with Crippen LogP contribution in [0, 0.1) is 0 Å². The Morgan fingerprint density at radius 2 is 1.76 bits per heavy atom. The molecule has 0 saturated heterocycles. The molecule has 0 spiro atoms. The second-order valence-electron chi connectivity index (χ2n) is 3.80. The molecule has 2 aromatic rings. The molecule has 0 aromatic heterocycles. The lowest BCUT2D eigenvalue weighted by atomic mass is 10.1. The van der Waals surface area contributed by atoms with Gasteiger partial charge in [-0.3, -0.25) is 0 Å². The molecule has 0 aliphatic heterocycles. The van der Waals surface area contributed by atoms with Crippen LogP contribution < -0.4 is 4.74 Å². The average molecular weight is 293 g/mol. The van der Waals surface area contributed by atoms with E-state index in [0.717, 1.165) is 21.5 Å². The Bertz CT molecular complexity index is 492. The fourth-order valence-electron chi connectivity index (χ4n) is 1.48. The van der Waals surface area contributed by atoms with Gasteiger partial charge in [-0.15, -0.1) is 0 Å². The van der Waals surface area contributed by atoms with E-state index in [1.807, 2.05) is 48.5 Å². The van der Waals surface area contributed by atoms with E-state index in [4.69, 9.17) is 4.74 Å². The van der Waals surface area contributed by atoms with Crippen molar-refractivity contribution < 1.29 is 9.84 Å². The molecule has 0 bridgehead atoms. The molecule has 3 heteroatoms. The molecule has 0 amide bonds. The zero-order valence-corrected chi connectivity index (χ0v) is 11.0.